The lowest BCUT2D eigenvalue weighted by Gasteiger charge is -2.23. The van der Waals surface area contributed by atoms with Crippen LogP contribution in [0.2, 0.25) is 0 Å². The second-order valence-corrected chi connectivity index (χ2v) is 6.97. The van der Waals surface area contributed by atoms with E-state index in [2.05, 4.69) is 10.6 Å². The third-order valence-electron chi connectivity index (χ3n) is 5.42. The minimum atomic E-state index is -0.890. The first-order valence-electron chi connectivity index (χ1n) is 9.33. The average Bonchev–Trinajstić information content (AvgIpc) is 2.92. The summed E-state index contributed by atoms with van der Waals surface area (Å²) in [7, 11) is 0. The molecular formula is C21H25N3O3. The van der Waals surface area contributed by atoms with Crippen LogP contribution in [0, 0.1) is 0 Å². The summed E-state index contributed by atoms with van der Waals surface area (Å²) in [4.78, 5) is 38.4. The van der Waals surface area contributed by atoms with Gasteiger partial charge in [-0.25, -0.2) is 4.79 Å². The van der Waals surface area contributed by atoms with Crippen LogP contribution in [0.25, 0.3) is 10.8 Å². The minimum absolute atomic E-state index is 0.244. The van der Waals surface area contributed by atoms with Gasteiger partial charge in [-0.3, -0.25) is 14.5 Å². The Morgan fingerprint density at radius 1 is 1.11 bits per heavy atom. The van der Waals surface area contributed by atoms with Crippen molar-refractivity contribution in [1.29, 1.82) is 0 Å². The van der Waals surface area contributed by atoms with Gasteiger partial charge in [0.15, 0.2) is 0 Å². The predicted molar refractivity (Wildman–Crippen MR) is 104 cm³/mol. The Bertz CT molecular complexity index is 884. The molecule has 1 aliphatic heterocycles. The zero-order chi connectivity index (χ0) is 19.6. The van der Waals surface area contributed by atoms with Crippen LogP contribution in [-0.4, -0.2) is 34.8 Å². The fraction of sp³-hybridized carbons (Fsp3) is 0.381. The number of rotatable bonds is 6. The molecule has 1 heterocycles. The molecule has 0 spiro atoms. The van der Waals surface area contributed by atoms with Gasteiger partial charge in [-0.05, 0) is 36.1 Å². The van der Waals surface area contributed by atoms with Gasteiger partial charge in [0.05, 0.1) is 6.04 Å². The van der Waals surface area contributed by atoms with E-state index in [1.54, 1.807) is 0 Å². The van der Waals surface area contributed by atoms with Crippen molar-refractivity contribution in [3.05, 3.63) is 48.0 Å². The molecule has 4 amide bonds. The van der Waals surface area contributed by atoms with Gasteiger partial charge in [0.1, 0.15) is 12.1 Å². The summed E-state index contributed by atoms with van der Waals surface area (Å²) in [5.74, 6) is -0.688. The average molecular weight is 367 g/mol. The summed E-state index contributed by atoms with van der Waals surface area (Å²) in [6.45, 7) is 5.33. The monoisotopic (exact) mass is 367 g/mol. The Balaban J connectivity index is 1.72. The van der Waals surface area contributed by atoms with Crippen molar-refractivity contribution in [2.75, 3.05) is 6.54 Å². The number of benzene rings is 2. The number of urea groups is 1. The third kappa shape index (κ3) is 3.39. The summed E-state index contributed by atoms with van der Waals surface area (Å²) in [6.07, 6.45) is 0.997. The first-order chi connectivity index (χ1) is 12.9. The Hall–Kier alpha value is -2.89. The molecule has 142 valence electrons. The molecule has 27 heavy (non-hydrogen) atoms. The lowest BCUT2D eigenvalue weighted by molar-refractivity contribution is -0.135. The Morgan fingerprint density at radius 2 is 1.78 bits per heavy atom. The van der Waals surface area contributed by atoms with Crippen LogP contribution in [0.4, 0.5) is 4.79 Å². The van der Waals surface area contributed by atoms with E-state index in [4.69, 9.17) is 0 Å². The number of hydrogen-bond acceptors (Lipinski definition) is 3. The number of carbonyl (C=O) groups is 3. The molecule has 1 unspecified atom stereocenters. The van der Waals surface area contributed by atoms with E-state index >= 15 is 0 Å². The van der Waals surface area contributed by atoms with Crippen molar-refractivity contribution in [3.8, 4) is 0 Å². The SMILES string of the molecule is CCC1(CC)NC(=O)N(CC(=O)NC(C)c2cccc3ccccc23)C1=O. The summed E-state index contributed by atoms with van der Waals surface area (Å²) in [6, 6.07) is 13.2. The van der Waals surface area contributed by atoms with Gasteiger partial charge in [-0.2, -0.15) is 0 Å². The lowest BCUT2D eigenvalue weighted by atomic mass is 9.93. The van der Waals surface area contributed by atoms with Crippen molar-refractivity contribution in [2.24, 2.45) is 0 Å². The van der Waals surface area contributed by atoms with Crippen molar-refractivity contribution < 1.29 is 14.4 Å². The maximum absolute atomic E-state index is 12.6. The molecule has 1 saturated heterocycles. The largest absolute Gasteiger partial charge is 0.348 e. The molecule has 1 atom stereocenters. The smallest absolute Gasteiger partial charge is 0.325 e. The summed E-state index contributed by atoms with van der Waals surface area (Å²) in [5, 5.41) is 7.81. The van der Waals surface area contributed by atoms with Crippen molar-refractivity contribution in [1.82, 2.24) is 15.5 Å². The second-order valence-electron chi connectivity index (χ2n) is 6.97. The van der Waals surface area contributed by atoms with E-state index in [9.17, 15) is 14.4 Å². The van der Waals surface area contributed by atoms with Crippen LogP contribution < -0.4 is 10.6 Å². The van der Waals surface area contributed by atoms with Crippen molar-refractivity contribution in [2.45, 2.75) is 45.2 Å². The minimum Gasteiger partial charge on any atom is -0.348 e. The van der Waals surface area contributed by atoms with Crippen LogP contribution in [0.15, 0.2) is 42.5 Å². The van der Waals surface area contributed by atoms with E-state index in [1.165, 1.54) is 0 Å². The highest BCUT2D eigenvalue weighted by atomic mass is 16.2. The molecule has 2 aromatic rings. The van der Waals surface area contributed by atoms with E-state index < -0.39 is 11.6 Å². The number of imide groups is 1. The Kier molecular flexibility index (Phi) is 5.17. The molecule has 0 radical (unpaired) electrons. The molecular weight excluding hydrogens is 342 g/mol. The standard InChI is InChI=1S/C21H25N3O3/c1-4-21(5-2)19(26)24(20(27)23-21)13-18(25)22-14(3)16-12-8-10-15-9-6-7-11-17(15)16/h6-12,14H,4-5,13H2,1-3H3,(H,22,25)(H,23,27). The number of nitrogens with zero attached hydrogens (tertiary/aromatic N) is 1. The molecule has 0 aromatic heterocycles. The van der Waals surface area contributed by atoms with E-state index in [-0.39, 0.29) is 24.4 Å². The predicted octanol–water partition coefficient (Wildman–Crippen LogP) is 3.13. The zero-order valence-electron chi connectivity index (χ0n) is 15.9. The van der Waals surface area contributed by atoms with Gasteiger partial charge in [0.25, 0.3) is 5.91 Å². The summed E-state index contributed by atoms with van der Waals surface area (Å²) >= 11 is 0. The quantitative estimate of drug-likeness (QED) is 0.770. The zero-order valence-corrected chi connectivity index (χ0v) is 15.9. The first kappa shape index (κ1) is 18.9. The van der Waals surface area contributed by atoms with E-state index in [0.717, 1.165) is 21.2 Å². The molecule has 6 heteroatoms. The molecule has 1 aliphatic rings. The number of nitrogens with one attached hydrogen (secondary N) is 2. The Labute approximate surface area is 158 Å². The molecule has 0 saturated carbocycles. The van der Waals surface area contributed by atoms with Crippen LogP contribution in [0.5, 0.6) is 0 Å². The molecule has 6 nitrogen and oxygen atoms in total. The molecule has 1 fully saturated rings. The van der Waals surface area contributed by atoms with Gasteiger partial charge >= 0.3 is 6.03 Å². The molecule has 0 bridgehead atoms. The maximum Gasteiger partial charge on any atom is 0.325 e. The van der Waals surface area contributed by atoms with Gasteiger partial charge in [-0.15, -0.1) is 0 Å². The third-order valence-corrected chi connectivity index (χ3v) is 5.42. The summed E-state index contributed by atoms with van der Waals surface area (Å²) in [5.41, 5.74) is 0.105. The van der Waals surface area contributed by atoms with Gasteiger partial charge < -0.3 is 10.6 Å². The normalized spacial score (nSPS) is 17.1. The van der Waals surface area contributed by atoms with Gasteiger partial charge in [-0.1, -0.05) is 56.3 Å². The Morgan fingerprint density at radius 3 is 2.44 bits per heavy atom. The fourth-order valence-corrected chi connectivity index (χ4v) is 3.69. The van der Waals surface area contributed by atoms with E-state index in [1.807, 2.05) is 63.2 Å². The number of amides is 4. The van der Waals surface area contributed by atoms with Crippen LogP contribution in [0.1, 0.15) is 45.2 Å². The fourth-order valence-electron chi connectivity index (χ4n) is 3.69. The number of carbonyl (C=O) groups excluding carboxylic acids is 3. The van der Waals surface area contributed by atoms with Crippen LogP contribution in [-0.2, 0) is 9.59 Å². The lowest BCUT2D eigenvalue weighted by Crippen LogP contribution is -2.46. The molecule has 2 aromatic carbocycles. The maximum atomic E-state index is 12.6. The van der Waals surface area contributed by atoms with Crippen molar-refractivity contribution >= 4 is 28.6 Å². The van der Waals surface area contributed by atoms with Gasteiger partial charge in [0.2, 0.25) is 5.91 Å². The van der Waals surface area contributed by atoms with Crippen LogP contribution >= 0.6 is 0 Å². The summed E-state index contributed by atoms with van der Waals surface area (Å²) < 4.78 is 0. The number of hydrogen-bond donors (Lipinski definition) is 2. The highest BCUT2D eigenvalue weighted by molar-refractivity contribution is 6.09. The highest BCUT2D eigenvalue weighted by Gasteiger charge is 2.49. The molecule has 0 aliphatic carbocycles. The highest BCUT2D eigenvalue weighted by Crippen LogP contribution is 2.26. The molecule has 3 rings (SSSR count). The van der Waals surface area contributed by atoms with Gasteiger partial charge in [0, 0.05) is 0 Å². The number of fused-ring (bicyclic) bond motifs is 1. The van der Waals surface area contributed by atoms with E-state index in [0.29, 0.717) is 12.8 Å². The van der Waals surface area contributed by atoms with Crippen molar-refractivity contribution in [3.63, 3.8) is 0 Å². The molecule has 2 N–H and O–H groups in total. The van der Waals surface area contributed by atoms with Crippen LogP contribution in [0.3, 0.4) is 0 Å². The first-order valence-corrected chi connectivity index (χ1v) is 9.33. The second kappa shape index (κ2) is 7.39. The topological polar surface area (TPSA) is 78.5 Å².